The number of hydrogen-bond donors (Lipinski definition) is 2. The molecule has 1 aliphatic heterocycles. The highest BCUT2D eigenvalue weighted by Gasteiger charge is 2.25. The van der Waals surface area contributed by atoms with Crippen molar-refractivity contribution in [3.05, 3.63) is 35.4 Å². The molecule has 0 saturated carbocycles. The van der Waals surface area contributed by atoms with Crippen LogP contribution in [0.1, 0.15) is 37.9 Å². The number of carbonyl (C=O) groups excluding carboxylic acids is 1. The fourth-order valence-electron chi connectivity index (χ4n) is 2.30. The quantitative estimate of drug-likeness (QED) is 0.877. The molecule has 112 valence electrons. The Balaban J connectivity index is 0.00000200. The molecule has 0 bridgehead atoms. The van der Waals surface area contributed by atoms with E-state index in [9.17, 15) is 4.79 Å². The Labute approximate surface area is 127 Å². The fourth-order valence-corrected chi connectivity index (χ4v) is 2.30. The van der Waals surface area contributed by atoms with Crippen LogP contribution in [0.25, 0.3) is 0 Å². The van der Waals surface area contributed by atoms with Crippen LogP contribution in [0, 0.1) is 11.8 Å². The normalized spacial score (nSPS) is 16.2. The Morgan fingerprint density at radius 2 is 1.85 bits per heavy atom. The van der Waals surface area contributed by atoms with Gasteiger partial charge in [0.1, 0.15) is 0 Å². The Hall–Kier alpha value is -1.06. The Bertz CT molecular complexity index is 427. The van der Waals surface area contributed by atoms with Gasteiger partial charge < -0.3 is 10.6 Å². The molecule has 0 aromatic heterocycles. The molecule has 2 rings (SSSR count). The molecular formula is C16H25ClN2O. The van der Waals surface area contributed by atoms with E-state index in [0.717, 1.165) is 19.5 Å². The van der Waals surface area contributed by atoms with E-state index >= 15 is 0 Å². The van der Waals surface area contributed by atoms with E-state index in [1.807, 2.05) is 6.92 Å². The van der Waals surface area contributed by atoms with Gasteiger partial charge in [0.2, 0.25) is 5.91 Å². The molecule has 0 aliphatic carbocycles. The summed E-state index contributed by atoms with van der Waals surface area (Å²) in [6, 6.07) is 8.68. The van der Waals surface area contributed by atoms with Gasteiger partial charge in [0.15, 0.2) is 0 Å². The molecule has 0 spiro atoms. The first-order chi connectivity index (χ1) is 9.06. The van der Waals surface area contributed by atoms with Crippen molar-refractivity contribution >= 4 is 18.3 Å². The van der Waals surface area contributed by atoms with Gasteiger partial charge in [-0.25, -0.2) is 0 Å². The second-order valence-corrected chi connectivity index (χ2v) is 5.93. The van der Waals surface area contributed by atoms with Gasteiger partial charge in [0, 0.05) is 13.1 Å². The highest BCUT2D eigenvalue weighted by atomic mass is 35.5. The van der Waals surface area contributed by atoms with E-state index in [4.69, 9.17) is 0 Å². The highest BCUT2D eigenvalue weighted by molar-refractivity contribution is 5.85. The average Bonchev–Trinajstić information content (AvgIpc) is 2.26. The first-order valence-corrected chi connectivity index (χ1v) is 7.16. The number of rotatable bonds is 5. The standard InChI is InChI=1S/C16H24N2O.ClH/c1-11(2)8-13-4-6-14(7-5-13)12(3)18-16(19)15-9-17-10-15;/h4-7,11-12,15,17H,8-10H2,1-3H3,(H,18,19);1H. The summed E-state index contributed by atoms with van der Waals surface area (Å²) < 4.78 is 0. The number of benzene rings is 1. The summed E-state index contributed by atoms with van der Waals surface area (Å²) in [5, 5.41) is 6.20. The van der Waals surface area contributed by atoms with Crippen LogP contribution in [0.4, 0.5) is 0 Å². The minimum atomic E-state index is 0. The lowest BCUT2D eigenvalue weighted by atomic mass is 9.98. The van der Waals surface area contributed by atoms with Crippen molar-refractivity contribution in [3.8, 4) is 0 Å². The average molecular weight is 297 g/mol. The molecule has 0 radical (unpaired) electrons. The third-order valence-corrected chi connectivity index (χ3v) is 3.63. The fraction of sp³-hybridized carbons (Fsp3) is 0.562. The zero-order valence-electron chi connectivity index (χ0n) is 12.5. The molecule has 1 amide bonds. The third kappa shape index (κ3) is 4.50. The lowest BCUT2D eigenvalue weighted by Crippen LogP contribution is -2.51. The topological polar surface area (TPSA) is 41.1 Å². The van der Waals surface area contributed by atoms with Crippen molar-refractivity contribution in [1.29, 1.82) is 0 Å². The van der Waals surface area contributed by atoms with E-state index in [1.54, 1.807) is 0 Å². The molecule has 1 atom stereocenters. The van der Waals surface area contributed by atoms with Crippen LogP contribution < -0.4 is 10.6 Å². The summed E-state index contributed by atoms with van der Waals surface area (Å²) >= 11 is 0. The summed E-state index contributed by atoms with van der Waals surface area (Å²) in [4.78, 5) is 11.9. The maximum atomic E-state index is 11.9. The van der Waals surface area contributed by atoms with Crippen LogP contribution in [0.15, 0.2) is 24.3 Å². The van der Waals surface area contributed by atoms with Gasteiger partial charge in [-0.15, -0.1) is 12.4 Å². The van der Waals surface area contributed by atoms with Crippen LogP contribution in [0.5, 0.6) is 0 Å². The van der Waals surface area contributed by atoms with E-state index in [-0.39, 0.29) is 30.3 Å². The molecule has 3 nitrogen and oxygen atoms in total. The summed E-state index contributed by atoms with van der Waals surface area (Å²) in [7, 11) is 0. The lowest BCUT2D eigenvalue weighted by Gasteiger charge is -2.27. The van der Waals surface area contributed by atoms with Gasteiger partial charge in [-0.2, -0.15) is 0 Å². The molecule has 1 fully saturated rings. The highest BCUT2D eigenvalue weighted by Crippen LogP contribution is 2.16. The monoisotopic (exact) mass is 296 g/mol. The number of carbonyl (C=O) groups is 1. The number of halogens is 1. The van der Waals surface area contributed by atoms with Crippen molar-refractivity contribution in [2.45, 2.75) is 33.2 Å². The van der Waals surface area contributed by atoms with E-state index in [1.165, 1.54) is 11.1 Å². The summed E-state index contributed by atoms with van der Waals surface area (Å²) in [5.41, 5.74) is 2.54. The smallest absolute Gasteiger partial charge is 0.226 e. The first-order valence-electron chi connectivity index (χ1n) is 7.16. The number of nitrogens with one attached hydrogen (secondary N) is 2. The molecule has 1 saturated heterocycles. The molecule has 1 heterocycles. The predicted octanol–water partition coefficient (Wildman–Crippen LogP) is 2.70. The maximum Gasteiger partial charge on any atom is 0.226 e. The van der Waals surface area contributed by atoms with E-state index in [2.05, 4.69) is 48.7 Å². The van der Waals surface area contributed by atoms with Crippen LogP contribution >= 0.6 is 12.4 Å². The minimum Gasteiger partial charge on any atom is -0.349 e. The summed E-state index contributed by atoms with van der Waals surface area (Å²) in [5.74, 6) is 0.995. The zero-order chi connectivity index (χ0) is 13.8. The van der Waals surface area contributed by atoms with Crippen LogP contribution in [-0.4, -0.2) is 19.0 Å². The van der Waals surface area contributed by atoms with Crippen molar-refractivity contribution < 1.29 is 4.79 Å². The Morgan fingerprint density at radius 3 is 2.30 bits per heavy atom. The molecule has 1 aromatic rings. The van der Waals surface area contributed by atoms with Crippen LogP contribution in [-0.2, 0) is 11.2 Å². The zero-order valence-corrected chi connectivity index (χ0v) is 13.3. The molecule has 4 heteroatoms. The van der Waals surface area contributed by atoms with Gasteiger partial charge >= 0.3 is 0 Å². The van der Waals surface area contributed by atoms with Crippen molar-refractivity contribution in [2.24, 2.45) is 11.8 Å². The molecule has 1 unspecified atom stereocenters. The van der Waals surface area contributed by atoms with Crippen molar-refractivity contribution in [3.63, 3.8) is 0 Å². The second-order valence-electron chi connectivity index (χ2n) is 5.93. The molecule has 1 aliphatic rings. The van der Waals surface area contributed by atoms with Crippen LogP contribution in [0.2, 0.25) is 0 Å². The Kier molecular flexibility index (Phi) is 6.50. The van der Waals surface area contributed by atoms with Gasteiger partial charge in [-0.3, -0.25) is 4.79 Å². The molecule has 20 heavy (non-hydrogen) atoms. The minimum absolute atomic E-state index is 0. The molecular weight excluding hydrogens is 272 g/mol. The van der Waals surface area contributed by atoms with Gasteiger partial charge in [0.25, 0.3) is 0 Å². The lowest BCUT2D eigenvalue weighted by molar-refractivity contribution is -0.127. The largest absolute Gasteiger partial charge is 0.349 e. The van der Waals surface area contributed by atoms with Crippen LogP contribution in [0.3, 0.4) is 0 Å². The number of hydrogen-bond acceptors (Lipinski definition) is 2. The molecule has 1 aromatic carbocycles. The first kappa shape index (κ1) is 17.0. The SMILES string of the molecule is CC(C)Cc1ccc(C(C)NC(=O)C2CNC2)cc1.Cl. The van der Waals surface area contributed by atoms with E-state index < -0.39 is 0 Å². The maximum absolute atomic E-state index is 11.9. The molecule has 2 N–H and O–H groups in total. The summed E-state index contributed by atoms with van der Waals surface area (Å²) in [6.07, 6.45) is 1.11. The number of amides is 1. The second kappa shape index (κ2) is 7.65. The van der Waals surface area contributed by atoms with E-state index in [0.29, 0.717) is 5.92 Å². The van der Waals surface area contributed by atoms with Crippen molar-refractivity contribution in [2.75, 3.05) is 13.1 Å². The predicted molar refractivity (Wildman–Crippen MR) is 85.1 cm³/mol. The third-order valence-electron chi connectivity index (χ3n) is 3.63. The summed E-state index contributed by atoms with van der Waals surface area (Å²) in [6.45, 7) is 8.12. The van der Waals surface area contributed by atoms with Gasteiger partial charge in [0.05, 0.1) is 12.0 Å². The van der Waals surface area contributed by atoms with Gasteiger partial charge in [-0.1, -0.05) is 38.1 Å². The van der Waals surface area contributed by atoms with Gasteiger partial charge in [-0.05, 0) is 30.4 Å². The Morgan fingerprint density at radius 1 is 1.25 bits per heavy atom. The van der Waals surface area contributed by atoms with Crippen molar-refractivity contribution in [1.82, 2.24) is 10.6 Å².